The van der Waals surface area contributed by atoms with Gasteiger partial charge in [0.2, 0.25) is 5.91 Å². The van der Waals surface area contributed by atoms with Crippen LogP contribution in [0.2, 0.25) is 0 Å². The Bertz CT molecular complexity index is 972. The number of carbonyl (C=O) groups excluding carboxylic acids is 2. The van der Waals surface area contributed by atoms with Crippen molar-refractivity contribution in [2.75, 3.05) is 18.5 Å². The molecule has 0 radical (unpaired) electrons. The standard InChI is InChI=1S/C19H20N2O5S/c1-2-26-16-10-5-4-9-15(16)20-18(22)12-7-13-21-19(23)14-8-3-6-11-17(14)27(21,24)25/h3-6,8-11H,2,7,12-13H2,1H3,(H,20,22). The van der Waals surface area contributed by atoms with Crippen LogP contribution in [-0.2, 0) is 14.8 Å². The highest BCUT2D eigenvalue weighted by Gasteiger charge is 2.40. The Morgan fingerprint density at radius 1 is 1.11 bits per heavy atom. The fourth-order valence-corrected chi connectivity index (χ4v) is 4.51. The average Bonchev–Trinajstić information content (AvgIpc) is 2.84. The number of sulfonamides is 1. The van der Waals surface area contributed by atoms with E-state index in [2.05, 4.69) is 5.32 Å². The molecule has 142 valence electrons. The molecule has 8 heteroatoms. The summed E-state index contributed by atoms with van der Waals surface area (Å²) in [6, 6.07) is 13.2. The minimum Gasteiger partial charge on any atom is -0.492 e. The van der Waals surface area contributed by atoms with E-state index in [0.29, 0.717) is 18.0 Å². The minimum atomic E-state index is -3.83. The summed E-state index contributed by atoms with van der Waals surface area (Å²) in [6.07, 6.45) is 0.303. The van der Waals surface area contributed by atoms with Crippen molar-refractivity contribution in [3.05, 3.63) is 54.1 Å². The molecule has 0 aromatic heterocycles. The number of amides is 2. The first-order valence-electron chi connectivity index (χ1n) is 8.63. The predicted molar refractivity (Wildman–Crippen MR) is 100 cm³/mol. The van der Waals surface area contributed by atoms with Crippen molar-refractivity contribution in [3.8, 4) is 5.75 Å². The molecule has 2 amide bonds. The van der Waals surface area contributed by atoms with Gasteiger partial charge in [-0.1, -0.05) is 24.3 Å². The summed E-state index contributed by atoms with van der Waals surface area (Å²) < 4.78 is 31.2. The molecule has 0 bridgehead atoms. The van der Waals surface area contributed by atoms with Crippen LogP contribution in [0.1, 0.15) is 30.1 Å². The number of benzene rings is 2. The molecule has 1 heterocycles. The van der Waals surface area contributed by atoms with Gasteiger partial charge >= 0.3 is 0 Å². The lowest BCUT2D eigenvalue weighted by Gasteiger charge is -2.15. The van der Waals surface area contributed by atoms with Crippen molar-refractivity contribution < 1.29 is 22.7 Å². The smallest absolute Gasteiger partial charge is 0.269 e. The van der Waals surface area contributed by atoms with E-state index >= 15 is 0 Å². The van der Waals surface area contributed by atoms with E-state index in [4.69, 9.17) is 4.74 Å². The number of hydrogen-bond acceptors (Lipinski definition) is 5. The van der Waals surface area contributed by atoms with Gasteiger partial charge < -0.3 is 10.1 Å². The molecule has 1 N–H and O–H groups in total. The second-order valence-electron chi connectivity index (χ2n) is 5.96. The first-order chi connectivity index (χ1) is 12.9. The van der Waals surface area contributed by atoms with E-state index in [0.717, 1.165) is 4.31 Å². The van der Waals surface area contributed by atoms with Gasteiger partial charge in [-0.05, 0) is 37.6 Å². The summed E-state index contributed by atoms with van der Waals surface area (Å²) in [4.78, 5) is 24.5. The molecule has 0 fully saturated rings. The van der Waals surface area contributed by atoms with Crippen LogP contribution in [0.4, 0.5) is 5.69 Å². The van der Waals surface area contributed by atoms with Crippen LogP contribution >= 0.6 is 0 Å². The number of anilines is 1. The minimum absolute atomic E-state index is 0.0186. The third kappa shape index (κ3) is 3.80. The van der Waals surface area contributed by atoms with Crippen molar-refractivity contribution in [1.29, 1.82) is 0 Å². The van der Waals surface area contributed by atoms with Crippen LogP contribution in [0.15, 0.2) is 53.4 Å². The number of para-hydroxylation sites is 2. The van der Waals surface area contributed by atoms with Gasteiger partial charge in [-0.3, -0.25) is 9.59 Å². The Kier molecular flexibility index (Phi) is 5.46. The Morgan fingerprint density at radius 3 is 2.56 bits per heavy atom. The second kappa shape index (κ2) is 7.79. The molecule has 1 aliphatic heterocycles. The maximum atomic E-state index is 12.5. The van der Waals surface area contributed by atoms with E-state index in [1.54, 1.807) is 30.3 Å². The molecular weight excluding hydrogens is 368 g/mol. The number of hydrogen-bond donors (Lipinski definition) is 1. The van der Waals surface area contributed by atoms with Crippen LogP contribution in [0.25, 0.3) is 0 Å². The molecule has 27 heavy (non-hydrogen) atoms. The maximum Gasteiger partial charge on any atom is 0.269 e. The van der Waals surface area contributed by atoms with Gasteiger partial charge in [0, 0.05) is 13.0 Å². The van der Waals surface area contributed by atoms with Gasteiger partial charge in [-0.15, -0.1) is 0 Å². The monoisotopic (exact) mass is 388 g/mol. The SMILES string of the molecule is CCOc1ccccc1NC(=O)CCCN1C(=O)c2ccccc2S1(=O)=O. The number of nitrogens with zero attached hydrogens (tertiary/aromatic N) is 1. The quantitative estimate of drug-likeness (QED) is 0.787. The van der Waals surface area contributed by atoms with Crippen molar-refractivity contribution in [1.82, 2.24) is 4.31 Å². The lowest BCUT2D eigenvalue weighted by molar-refractivity contribution is -0.116. The third-order valence-electron chi connectivity index (χ3n) is 4.14. The molecule has 3 rings (SSSR count). The zero-order valence-corrected chi connectivity index (χ0v) is 15.7. The maximum absolute atomic E-state index is 12.5. The third-order valence-corrected chi connectivity index (χ3v) is 5.98. The summed E-state index contributed by atoms with van der Waals surface area (Å²) in [5.41, 5.74) is 0.731. The predicted octanol–water partition coefficient (Wildman–Crippen LogP) is 2.65. The summed E-state index contributed by atoms with van der Waals surface area (Å²) in [5, 5.41) is 2.75. The Hall–Kier alpha value is -2.87. The van der Waals surface area contributed by atoms with Gasteiger partial charge in [0.05, 0.1) is 17.9 Å². The molecule has 0 saturated carbocycles. The van der Waals surface area contributed by atoms with Gasteiger partial charge in [0.1, 0.15) is 10.6 Å². The Labute approximate surface area is 158 Å². The van der Waals surface area contributed by atoms with E-state index in [1.807, 2.05) is 13.0 Å². The van der Waals surface area contributed by atoms with Gasteiger partial charge in [0.15, 0.2) is 0 Å². The molecule has 0 spiro atoms. The summed E-state index contributed by atoms with van der Waals surface area (Å²) >= 11 is 0. The normalized spacial score (nSPS) is 14.7. The van der Waals surface area contributed by atoms with Gasteiger partial charge in [-0.25, -0.2) is 12.7 Å². The molecule has 0 atom stereocenters. The van der Waals surface area contributed by atoms with Crippen molar-refractivity contribution in [2.24, 2.45) is 0 Å². The lowest BCUT2D eigenvalue weighted by Crippen LogP contribution is -2.31. The summed E-state index contributed by atoms with van der Waals surface area (Å²) in [7, 11) is -3.83. The van der Waals surface area contributed by atoms with Crippen molar-refractivity contribution in [2.45, 2.75) is 24.7 Å². The molecule has 2 aromatic rings. The highest BCUT2D eigenvalue weighted by Crippen LogP contribution is 2.30. The first kappa shape index (κ1) is 18.9. The van der Waals surface area contributed by atoms with Crippen molar-refractivity contribution in [3.63, 3.8) is 0 Å². The molecule has 0 saturated heterocycles. The van der Waals surface area contributed by atoms with Crippen LogP contribution < -0.4 is 10.1 Å². The zero-order chi connectivity index (χ0) is 19.4. The van der Waals surface area contributed by atoms with E-state index < -0.39 is 15.9 Å². The van der Waals surface area contributed by atoms with Gasteiger partial charge in [0.25, 0.3) is 15.9 Å². The fraction of sp³-hybridized carbons (Fsp3) is 0.263. The van der Waals surface area contributed by atoms with Crippen LogP contribution in [0.3, 0.4) is 0 Å². The van der Waals surface area contributed by atoms with E-state index in [1.165, 1.54) is 12.1 Å². The molecule has 1 aliphatic rings. The van der Waals surface area contributed by atoms with Crippen LogP contribution in [0.5, 0.6) is 5.75 Å². The van der Waals surface area contributed by atoms with Crippen molar-refractivity contribution >= 4 is 27.5 Å². The summed E-state index contributed by atoms with van der Waals surface area (Å²) in [5.74, 6) is -0.252. The number of rotatable bonds is 7. The highest BCUT2D eigenvalue weighted by molar-refractivity contribution is 7.90. The van der Waals surface area contributed by atoms with Crippen LogP contribution in [0, 0.1) is 0 Å². The number of nitrogens with one attached hydrogen (secondary N) is 1. The molecular formula is C19H20N2O5S. The Balaban J connectivity index is 1.59. The Morgan fingerprint density at radius 2 is 1.81 bits per heavy atom. The number of carbonyl (C=O) groups is 2. The first-order valence-corrected chi connectivity index (χ1v) is 10.1. The molecule has 0 unspecified atom stereocenters. The molecule has 0 aliphatic carbocycles. The van der Waals surface area contributed by atoms with Crippen LogP contribution in [-0.4, -0.2) is 37.7 Å². The highest BCUT2D eigenvalue weighted by atomic mass is 32.2. The topological polar surface area (TPSA) is 92.8 Å². The fourth-order valence-electron chi connectivity index (χ4n) is 2.90. The number of fused-ring (bicyclic) bond motifs is 1. The molecule has 7 nitrogen and oxygen atoms in total. The summed E-state index contributed by atoms with van der Waals surface area (Å²) in [6.45, 7) is 2.28. The largest absolute Gasteiger partial charge is 0.492 e. The van der Waals surface area contributed by atoms with E-state index in [-0.39, 0.29) is 35.8 Å². The zero-order valence-electron chi connectivity index (χ0n) is 14.8. The lowest BCUT2D eigenvalue weighted by atomic mass is 10.2. The average molecular weight is 388 g/mol. The van der Waals surface area contributed by atoms with Gasteiger partial charge in [-0.2, -0.15) is 0 Å². The van der Waals surface area contributed by atoms with E-state index in [9.17, 15) is 18.0 Å². The second-order valence-corrected chi connectivity index (χ2v) is 7.79. The number of ether oxygens (including phenoxy) is 1. The molecule has 2 aromatic carbocycles.